The minimum atomic E-state index is -0.425. The van der Waals surface area contributed by atoms with Gasteiger partial charge in [0.15, 0.2) is 0 Å². The van der Waals surface area contributed by atoms with Crippen molar-refractivity contribution in [3.05, 3.63) is 23.8 Å². The van der Waals surface area contributed by atoms with Crippen molar-refractivity contribution in [1.82, 2.24) is 0 Å². The summed E-state index contributed by atoms with van der Waals surface area (Å²) < 4.78 is 10.9. The summed E-state index contributed by atoms with van der Waals surface area (Å²) in [4.78, 5) is 11.9. The Kier molecular flexibility index (Phi) is 5.13. The van der Waals surface area contributed by atoms with E-state index in [1.807, 2.05) is 13.8 Å². The van der Waals surface area contributed by atoms with E-state index in [0.717, 1.165) is 18.4 Å². The number of esters is 1. The Morgan fingerprint density at radius 1 is 1.55 bits per heavy atom. The Morgan fingerprint density at radius 3 is 2.82 bits per heavy atom. The number of methoxy groups -OCH3 is 1. The number of fused-ring (bicyclic) bond motifs is 1. The number of hydrogen-bond acceptors (Lipinski definition) is 4. The number of allylic oxidation sites excluding steroid dienone is 1. The van der Waals surface area contributed by atoms with Gasteiger partial charge in [-0.25, -0.2) is 4.79 Å². The molecule has 1 N–H and O–H groups in total. The summed E-state index contributed by atoms with van der Waals surface area (Å²) in [6, 6.07) is 0. The fourth-order valence-corrected chi connectivity index (χ4v) is 4.19. The zero-order chi connectivity index (χ0) is 16.5. The number of hydrogen-bond donors (Lipinski definition) is 1. The van der Waals surface area contributed by atoms with Crippen molar-refractivity contribution >= 4 is 5.97 Å². The zero-order valence-corrected chi connectivity index (χ0v) is 14.1. The maximum absolute atomic E-state index is 11.9. The lowest BCUT2D eigenvalue weighted by Gasteiger charge is -2.51. The van der Waals surface area contributed by atoms with Crippen LogP contribution in [0.4, 0.5) is 0 Å². The van der Waals surface area contributed by atoms with Crippen LogP contribution in [0.1, 0.15) is 40.0 Å². The normalized spacial score (nSPS) is 38.0. The zero-order valence-electron chi connectivity index (χ0n) is 14.1. The van der Waals surface area contributed by atoms with Crippen LogP contribution < -0.4 is 0 Å². The second-order valence-corrected chi connectivity index (χ2v) is 6.75. The molecule has 2 aliphatic carbocycles. The molecule has 0 aromatic heterocycles. The molecule has 0 saturated heterocycles. The number of carbonyl (C=O) groups excluding carboxylic acids is 1. The van der Waals surface area contributed by atoms with Crippen LogP contribution in [0.3, 0.4) is 0 Å². The van der Waals surface area contributed by atoms with Crippen LogP contribution in [0.5, 0.6) is 0 Å². The average Bonchev–Trinajstić information content (AvgIpc) is 2.48. The Bertz CT molecular complexity index is 481. The van der Waals surface area contributed by atoms with Crippen molar-refractivity contribution < 1.29 is 19.4 Å². The molecule has 0 bridgehead atoms. The summed E-state index contributed by atoms with van der Waals surface area (Å²) in [5.74, 6) is 0.0842. The first kappa shape index (κ1) is 17.2. The van der Waals surface area contributed by atoms with Crippen molar-refractivity contribution in [2.24, 2.45) is 17.8 Å². The van der Waals surface area contributed by atoms with Gasteiger partial charge in [-0.3, -0.25) is 0 Å². The molecule has 0 spiro atoms. The molecular weight excluding hydrogens is 280 g/mol. The monoisotopic (exact) mass is 308 g/mol. The molecule has 0 amide bonds. The lowest BCUT2D eigenvalue weighted by atomic mass is 9.58. The van der Waals surface area contributed by atoms with Gasteiger partial charge in [0, 0.05) is 12.2 Å². The predicted molar refractivity (Wildman–Crippen MR) is 85.3 cm³/mol. The highest BCUT2D eigenvalue weighted by molar-refractivity contribution is 5.88. The molecule has 0 heterocycles. The minimum absolute atomic E-state index is 0.0634. The van der Waals surface area contributed by atoms with Crippen molar-refractivity contribution in [2.45, 2.75) is 51.7 Å². The van der Waals surface area contributed by atoms with Crippen molar-refractivity contribution in [3.8, 4) is 0 Å². The van der Waals surface area contributed by atoms with Gasteiger partial charge in [0.05, 0.1) is 18.8 Å². The first-order valence-electron chi connectivity index (χ1n) is 8.11. The van der Waals surface area contributed by atoms with Crippen molar-refractivity contribution in [1.29, 1.82) is 0 Å². The van der Waals surface area contributed by atoms with E-state index in [1.54, 1.807) is 0 Å². The van der Waals surface area contributed by atoms with Gasteiger partial charge in [-0.15, -0.1) is 0 Å². The number of aliphatic hydroxyl groups is 1. The summed E-state index contributed by atoms with van der Waals surface area (Å²) >= 11 is 0. The van der Waals surface area contributed by atoms with E-state index in [2.05, 4.69) is 19.6 Å². The second kappa shape index (κ2) is 6.55. The molecule has 0 aliphatic heterocycles. The van der Waals surface area contributed by atoms with Crippen LogP contribution in [0.2, 0.25) is 0 Å². The quantitative estimate of drug-likeness (QED) is 0.493. The number of ether oxygens (including phenoxy) is 2. The highest BCUT2D eigenvalue weighted by atomic mass is 16.5. The van der Waals surface area contributed by atoms with E-state index in [4.69, 9.17) is 9.47 Å². The second-order valence-electron chi connectivity index (χ2n) is 6.75. The van der Waals surface area contributed by atoms with Crippen LogP contribution in [0, 0.1) is 17.8 Å². The first-order chi connectivity index (χ1) is 10.3. The molecule has 1 saturated carbocycles. The molecule has 4 heteroatoms. The largest absolute Gasteiger partial charge is 0.466 e. The van der Waals surface area contributed by atoms with Gasteiger partial charge in [-0.2, -0.15) is 0 Å². The Hall–Kier alpha value is -1.13. The van der Waals surface area contributed by atoms with E-state index >= 15 is 0 Å². The molecule has 22 heavy (non-hydrogen) atoms. The molecule has 2 rings (SSSR count). The van der Waals surface area contributed by atoms with Crippen molar-refractivity contribution in [2.75, 3.05) is 13.7 Å². The SMILES string of the molecule is C=C(C(=O)OC)[C@@H]1CC[C@@](C)(OCC)[C@@H]2C[C@H](O)C(C)=C[C@@H]21. The van der Waals surface area contributed by atoms with Crippen LogP contribution in [0.25, 0.3) is 0 Å². The van der Waals surface area contributed by atoms with Crippen LogP contribution in [-0.2, 0) is 14.3 Å². The molecular formula is C18H28O4. The third-order valence-corrected chi connectivity index (χ3v) is 5.49. The Morgan fingerprint density at radius 2 is 2.23 bits per heavy atom. The lowest BCUT2D eigenvalue weighted by Crippen LogP contribution is -2.51. The summed E-state index contributed by atoms with van der Waals surface area (Å²) in [6.45, 7) is 10.7. The maximum Gasteiger partial charge on any atom is 0.333 e. The first-order valence-corrected chi connectivity index (χ1v) is 8.11. The number of rotatable bonds is 4. The van der Waals surface area contributed by atoms with E-state index in [1.165, 1.54) is 7.11 Å². The Labute approximate surface area is 133 Å². The van der Waals surface area contributed by atoms with E-state index in [9.17, 15) is 9.90 Å². The molecule has 124 valence electrons. The fraction of sp³-hybridized carbons (Fsp3) is 0.722. The van der Waals surface area contributed by atoms with Gasteiger partial charge in [0.2, 0.25) is 0 Å². The van der Waals surface area contributed by atoms with Gasteiger partial charge in [-0.05, 0) is 63.4 Å². The van der Waals surface area contributed by atoms with Crippen LogP contribution in [-0.4, -0.2) is 36.5 Å². The number of aliphatic hydroxyl groups excluding tert-OH is 1. The lowest BCUT2D eigenvalue weighted by molar-refractivity contribution is -0.141. The van der Waals surface area contributed by atoms with Gasteiger partial charge >= 0.3 is 5.97 Å². The summed E-state index contributed by atoms with van der Waals surface area (Å²) in [6.07, 6.45) is 4.09. The predicted octanol–water partition coefficient (Wildman–Crippen LogP) is 2.86. The minimum Gasteiger partial charge on any atom is -0.466 e. The van der Waals surface area contributed by atoms with E-state index in [0.29, 0.717) is 18.6 Å². The van der Waals surface area contributed by atoms with E-state index in [-0.39, 0.29) is 29.3 Å². The third kappa shape index (κ3) is 2.99. The van der Waals surface area contributed by atoms with Gasteiger partial charge in [0.25, 0.3) is 0 Å². The van der Waals surface area contributed by atoms with Crippen LogP contribution in [0.15, 0.2) is 23.8 Å². The topological polar surface area (TPSA) is 55.8 Å². The van der Waals surface area contributed by atoms with Crippen molar-refractivity contribution in [3.63, 3.8) is 0 Å². The molecule has 0 radical (unpaired) electrons. The van der Waals surface area contributed by atoms with E-state index < -0.39 is 6.10 Å². The molecule has 0 aromatic carbocycles. The highest BCUT2D eigenvalue weighted by Gasteiger charge is 2.50. The fourth-order valence-electron chi connectivity index (χ4n) is 4.19. The molecule has 0 aromatic rings. The maximum atomic E-state index is 11.9. The Balaban J connectivity index is 2.34. The van der Waals surface area contributed by atoms with Gasteiger partial charge < -0.3 is 14.6 Å². The smallest absolute Gasteiger partial charge is 0.333 e. The summed E-state index contributed by atoms with van der Waals surface area (Å²) in [7, 11) is 1.39. The third-order valence-electron chi connectivity index (χ3n) is 5.49. The molecule has 1 fully saturated rings. The summed E-state index contributed by atoms with van der Waals surface area (Å²) in [5.41, 5.74) is 1.26. The molecule has 0 unspecified atom stereocenters. The van der Waals surface area contributed by atoms with Crippen LogP contribution >= 0.6 is 0 Å². The number of carbonyl (C=O) groups is 1. The molecule has 5 atom stereocenters. The standard InChI is InChI=1S/C18H28O4/c1-6-22-18(4)8-7-13(12(3)17(20)21-5)14-9-11(2)16(19)10-15(14)18/h9,13-16,19H,3,6-8,10H2,1-2,4-5H3/t13-,14+,15+,16-,18+/m0/s1. The average molecular weight is 308 g/mol. The molecule has 4 nitrogen and oxygen atoms in total. The van der Waals surface area contributed by atoms with Gasteiger partial charge in [-0.1, -0.05) is 12.7 Å². The summed E-state index contributed by atoms with van der Waals surface area (Å²) in [5, 5.41) is 10.3. The highest BCUT2D eigenvalue weighted by Crippen LogP contribution is 2.51. The van der Waals surface area contributed by atoms with Gasteiger partial charge in [0.1, 0.15) is 0 Å². The molecule has 2 aliphatic rings.